The predicted molar refractivity (Wildman–Crippen MR) is 79.3 cm³/mol. The van der Waals surface area contributed by atoms with Gasteiger partial charge in [0.05, 0.1) is 29.9 Å². The number of hydrogen-bond donors (Lipinski definition) is 2. The van der Waals surface area contributed by atoms with Gasteiger partial charge < -0.3 is 19.9 Å². The third-order valence-electron chi connectivity index (χ3n) is 3.89. The van der Waals surface area contributed by atoms with E-state index in [0.717, 1.165) is 6.07 Å². The Kier molecular flexibility index (Phi) is 6.27. The molecule has 0 amide bonds. The zero-order valence-electron chi connectivity index (χ0n) is 12.6. The minimum Gasteiger partial charge on any atom is -0.390 e. The molecule has 4 nitrogen and oxygen atoms in total. The Morgan fingerprint density at radius 1 is 1.39 bits per heavy atom. The molecule has 0 spiro atoms. The lowest BCUT2D eigenvalue weighted by atomic mass is 9.96. The van der Waals surface area contributed by atoms with Crippen LogP contribution in [0.4, 0.5) is 13.2 Å². The second-order valence-electron chi connectivity index (χ2n) is 5.47. The molecule has 1 aliphatic heterocycles. The average Bonchev–Trinajstić information content (AvgIpc) is 2.49. The largest absolute Gasteiger partial charge is 0.417 e. The first-order valence-corrected chi connectivity index (χ1v) is 7.56. The Hall–Kier alpha value is -0.860. The molecular weight excluding hydrogens is 335 g/mol. The van der Waals surface area contributed by atoms with Gasteiger partial charge in [-0.3, -0.25) is 0 Å². The van der Waals surface area contributed by atoms with Gasteiger partial charge in [0.1, 0.15) is 6.10 Å². The van der Waals surface area contributed by atoms with E-state index in [9.17, 15) is 18.3 Å². The molecule has 8 heteroatoms. The summed E-state index contributed by atoms with van der Waals surface area (Å²) in [5, 5.41) is 12.8. The van der Waals surface area contributed by atoms with Crippen molar-refractivity contribution in [1.29, 1.82) is 0 Å². The van der Waals surface area contributed by atoms with Crippen LogP contribution in [-0.4, -0.2) is 44.2 Å². The van der Waals surface area contributed by atoms with E-state index in [4.69, 9.17) is 21.1 Å². The van der Waals surface area contributed by atoms with E-state index in [-0.39, 0.29) is 17.5 Å². The number of aliphatic hydroxyl groups excluding tert-OH is 1. The van der Waals surface area contributed by atoms with E-state index in [1.54, 1.807) is 0 Å². The Balaban J connectivity index is 1.94. The third kappa shape index (κ3) is 4.58. The van der Waals surface area contributed by atoms with Gasteiger partial charge in [-0.2, -0.15) is 13.2 Å². The van der Waals surface area contributed by atoms with Gasteiger partial charge in [-0.15, -0.1) is 0 Å². The molecule has 1 aromatic carbocycles. The second-order valence-corrected chi connectivity index (χ2v) is 5.85. The molecule has 0 unspecified atom stereocenters. The summed E-state index contributed by atoms with van der Waals surface area (Å²) in [7, 11) is 1.50. The number of hydrogen-bond acceptors (Lipinski definition) is 4. The van der Waals surface area contributed by atoms with Crippen LogP contribution in [0.25, 0.3) is 0 Å². The maximum absolute atomic E-state index is 12.8. The molecule has 0 aromatic heterocycles. The molecule has 2 N–H and O–H groups in total. The third-order valence-corrected chi connectivity index (χ3v) is 4.33. The Bertz CT molecular complexity index is 527. The maximum Gasteiger partial charge on any atom is 0.417 e. The molecule has 1 heterocycles. The molecule has 1 aromatic rings. The number of benzene rings is 1. The van der Waals surface area contributed by atoms with Crippen LogP contribution in [0, 0.1) is 5.92 Å². The standard InChI is InChI=1S/C15H19ClF3NO3/c1-22-12-8-23-7-10(14(12)21)6-20-5-9-3-2-4-11(13(9)16)15(17,18)19/h2-4,10,12,14,20-21H,5-8H2,1H3/t10-,12-,14+/m1/s1. The number of nitrogens with one attached hydrogen (secondary N) is 1. The van der Waals surface area contributed by atoms with E-state index >= 15 is 0 Å². The number of methoxy groups -OCH3 is 1. The van der Waals surface area contributed by atoms with Crippen molar-refractivity contribution < 1.29 is 27.8 Å². The van der Waals surface area contributed by atoms with Crippen LogP contribution in [0.15, 0.2) is 18.2 Å². The monoisotopic (exact) mass is 353 g/mol. The lowest BCUT2D eigenvalue weighted by Crippen LogP contribution is -2.48. The first kappa shape index (κ1) is 18.5. The highest BCUT2D eigenvalue weighted by Crippen LogP contribution is 2.36. The van der Waals surface area contributed by atoms with Crippen LogP contribution < -0.4 is 5.32 Å². The van der Waals surface area contributed by atoms with Gasteiger partial charge in [-0.05, 0) is 11.6 Å². The SMILES string of the molecule is CO[C@@H]1COC[C@@H](CNCc2cccc(C(F)(F)F)c2Cl)[C@@H]1O. The van der Waals surface area contributed by atoms with E-state index in [1.165, 1.54) is 19.2 Å². The average molecular weight is 354 g/mol. The van der Waals surface area contributed by atoms with Crippen molar-refractivity contribution in [3.8, 4) is 0 Å². The molecule has 1 saturated heterocycles. The van der Waals surface area contributed by atoms with Crippen molar-refractivity contribution >= 4 is 11.6 Å². The van der Waals surface area contributed by atoms with Gasteiger partial charge >= 0.3 is 6.18 Å². The molecule has 23 heavy (non-hydrogen) atoms. The van der Waals surface area contributed by atoms with Crippen molar-refractivity contribution in [2.24, 2.45) is 5.92 Å². The summed E-state index contributed by atoms with van der Waals surface area (Å²) in [5.74, 6) is -0.196. The van der Waals surface area contributed by atoms with E-state index in [1.807, 2.05) is 0 Å². The number of halogens is 4. The number of alkyl halides is 3. The van der Waals surface area contributed by atoms with Crippen molar-refractivity contribution in [3.05, 3.63) is 34.3 Å². The summed E-state index contributed by atoms with van der Waals surface area (Å²) >= 11 is 5.84. The van der Waals surface area contributed by atoms with Crippen LogP contribution >= 0.6 is 11.6 Å². The summed E-state index contributed by atoms with van der Waals surface area (Å²) in [5.41, 5.74) is -0.491. The van der Waals surface area contributed by atoms with Crippen LogP contribution in [0.5, 0.6) is 0 Å². The summed E-state index contributed by atoms with van der Waals surface area (Å²) < 4.78 is 48.9. The Morgan fingerprint density at radius 2 is 2.13 bits per heavy atom. The molecule has 0 aliphatic carbocycles. The molecule has 2 rings (SSSR count). The van der Waals surface area contributed by atoms with Gasteiger partial charge in [0.25, 0.3) is 0 Å². The lowest BCUT2D eigenvalue weighted by Gasteiger charge is -2.34. The number of rotatable bonds is 5. The predicted octanol–water partition coefficient (Wildman–Crippen LogP) is 2.47. The zero-order chi connectivity index (χ0) is 17.0. The highest BCUT2D eigenvalue weighted by atomic mass is 35.5. The highest BCUT2D eigenvalue weighted by molar-refractivity contribution is 6.32. The first-order valence-electron chi connectivity index (χ1n) is 7.18. The number of aliphatic hydroxyl groups is 1. The quantitative estimate of drug-likeness (QED) is 0.854. The first-order chi connectivity index (χ1) is 10.8. The molecule has 130 valence electrons. The minimum absolute atomic E-state index is 0.170. The fourth-order valence-corrected chi connectivity index (χ4v) is 2.85. The van der Waals surface area contributed by atoms with Gasteiger partial charge in [0.2, 0.25) is 0 Å². The van der Waals surface area contributed by atoms with Crippen molar-refractivity contribution in [2.45, 2.75) is 24.9 Å². The van der Waals surface area contributed by atoms with Crippen LogP contribution in [-0.2, 0) is 22.2 Å². The summed E-state index contributed by atoms with van der Waals surface area (Å²) in [6.45, 7) is 1.25. The Morgan fingerprint density at radius 3 is 2.78 bits per heavy atom. The van der Waals surface area contributed by atoms with E-state index in [0.29, 0.717) is 25.3 Å². The van der Waals surface area contributed by atoms with Gasteiger partial charge in [-0.1, -0.05) is 23.7 Å². The number of ether oxygens (including phenoxy) is 2. The topological polar surface area (TPSA) is 50.7 Å². The van der Waals surface area contributed by atoms with Crippen molar-refractivity contribution in [2.75, 3.05) is 26.9 Å². The maximum atomic E-state index is 12.8. The van der Waals surface area contributed by atoms with E-state index < -0.39 is 23.9 Å². The van der Waals surface area contributed by atoms with Gasteiger partial charge in [0.15, 0.2) is 0 Å². The van der Waals surface area contributed by atoms with Crippen LogP contribution in [0.2, 0.25) is 5.02 Å². The fourth-order valence-electron chi connectivity index (χ4n) is 2.55. The zero-order valence-corrected chi connectivity index (χ0v) is 13.3. The smallest absolute Gasteiger partial charge is 0.390 e. The lowest BCUT2D eigenvalue weighted by molar-refractivity contribution is -0.137. The molecule has 0 bridgehead atoms. The summed E-state index contributed by atoms with van der Waals surface area (Å²) in [6.07, 6.45) is -5.56. The minimum atomic E-state index is -4.48. The molecular formula is C15H19ClF3NO3. The molecule has 1 fully saturated rings. The van der Waals surface area contributed by atoms with Crippen LogP contribution in [0.3, 0.4) is 0 Å². The molecule has 1 aliphatic rings. The normalized spacial score (nSPS) is 25.6. The van der Waals surface area contributed by atoms with Gasteiger partial charge in [0, 0.05) is 26.1 Å². The fraction of sp³-hybridized carbons (Fsp3) is 0.600. The van der Waals surface area contributed by atoms with Gasteiger partial charge in [-0.25, -0.2) is 0 Å². The second kappa shape index (κ2) is 7.81. The molecule has 0 radical (unpaired) electrons. The van der Waals surface area contributed by atoms with Crippen molar-refractivity contribution in [1.82, 2.24) is 5.32 Å². The molecule has 0 saturated carbocycles. The summed E-state index contributed by atoms with van der Waals surface area (Å²) in [4.78, 5) is 0. The van der Waals surface area contributed by atoms with Crippen LogP contribution in [0.1, 0.15) is 11.1 Å². The highest BCUT2D eigenvalue weighted by Gasteiger charge is 2.34. The van der Waals surface area contributed by atoms with Crippen molar-refractivity contribution in [3.63, 3.8) is 0 Å². The molecule has 3 atom stereocenters. The Labute approximate surface area is 137 Å². The summed E-state index contributed by atoms with van der Waals surface area (Å²) in [6, 6.07) is 3.81. The van der Waals surface area contributed by atoms with E-state index in [2.05, 4.69) is 5.32 Å².